The predicted molar refractivity (Wildman–Crippen MR) is 41.9 cm³/mol. The largest absolute Gasteiger partial charge is 0.394 e. The van der Waals surface area contributed by atoms with E-state index in [1.165, 1.54) is 0 Å². The molecule has 0 saturated carbocycles. The molecule has 0 aliphatic carbocycles. The number of aliphatic hydroxyl groups is 1. The standard InChI is InChI=1S/C6H13NO3S/c1-5-6(7,4-8)2-3-11(5,9)10/h5,8H,2-4,7H2,1H3. The molecule has 0 radical (unpaired) electrons. The van der Waals surface area contributed by atoms with E-state index in [9.17, 15) is 8.42 Å². The minimum absolute atomic E-state index is 0.102. The summed E-state index contributed by atoms with van der Waals surface area (Å²) in [4.78, 5) is 0. The number of hydrogen-bond acceptors (Lipinski definition) is 4. The highest BCUT2D eigenvalue weighted by Gasteiger charge is 2.46. The average molecular weight is 179 g/mol. The highest BCUT2D eigenvalue weighted by atomic mass is 32.2. The van der Waals surface area contributed by atoms with E-state index in [1.807, 2.05) is 0 Å². The number of aliphatic hydroxyl groups excluding tert-OH is 1. The van der Waals surface area contributed by atoms with Crippen LogP contribution in [0.4, 0.5) is 0 Å². The summed E-state index contributed by atoms with van der Waals surface area (Å²) < 4.78 is 22.3. The van der Waals surface area contributed by atoms with Crippen LogP contribution in [-0.4, -0.2) is 36.7 Å². The first-order valence-corrected chi connectivity index (χ1v) is 5.25. The summed E-state index contributed by atoms with van der Waals surface area (Å²) in [5.74, 6) is 0.102. The van der Waals surface area contributed by atoms with E-state index in [2.05, 4.69) is 0 Å². The zero-order valence-corrected chi connectivity index (χ0v) is 7.26. The van der Waals surface area contributed by atoms with Crippen molar-refractivity contribution < 1.29 is 13.5 Å². The van der Waals surface area contributed by atoms with Gasteiger partial charge >= 0.3 is 0 Å². The van der Waals surface area contributed by atoms with Gasteiger partial charge in [0.15, 0.2) is 9.84 Å². The Kier molecular flexibility index (Phi) is 1.98. The number of nitrogens with two attached hydrogens (primary N) is 1. The Labute approximate surface area is 66.3 Å². The molecule has 3 N–H and O–H groups in total. The van der Waals surface area contributed by atoms with Gasteiger partial charge in [0.05, 0.1) is 23.1 Å². The number of sulfone groups is 1. The topological polar surface area (TPSA) is 80.4 Å². The zero-order valence-electron chi connectivity index (χ0n) is 6.45. The third-order valence-corrected chi connectivity index (χ3v) is 4.81. The summed E-state index contributed by atoms with van der Waals surface area (Å²) in [5, 5.41) is 8.23. The Morgan fingerprint density at radius 2 is 2.27 bits per heavy atom. The van der Waals surface area contributed by atoms with Gasteiger partial charge in [0.2, 0.25) is 0 Å². The summed E-state index contributed by atoms with van der Waals surface area (Å²) in [6.07, 6.45) is 0.368. The lowest BCUT2D eigenvalue weighted by atomic mass is 9.96. The molecule has 0 aromatic rings. The molecular weight excluding hydrogens is 166 g/mol. The van der Waals surface area contributed by atoms with Gasteiger partial charge in [-0.05, 0) is 13.3 Å². The normalized spacial score (nSPS) is 42.6. The van der Waals surface area contributed by atoms with E-state index >= 15 is 0 Å². The Bertz CT molecular complexity index is 249. The lowest BCUT2D eigenvalue weighted by Crippen LogP contribution is -2.50. The predicted octanol–water partition coefficient (Wildman–Crippen LogP) is -1.12. The van der Waals surface area contributed by atoms with E-state index in [0.29, 0.717) is 6.42 Å². The van der Waals surface area contributed by atoms with E-state index in [4.69, 9.17) is 10.8 Å². The van der Waals surface area contributed by atoms with E-state index in [-0.39, 0.29) is 12.4 Å². The molecule has 5 heteroatoms. The first kappa shape index (κ1) is 8.96. The van der Waals surface area contributed by atoms with Crippen LogP contribution < -0.4 is 5.73 Å². The fourth-order valence-electron chi connectivity index (χ4n) is 1.28. The average Bonchev–Trinajstić information content (AvgIpc) is 2.16. The molecule has 2 atom stereocenters. The van der Waals surface area contributed by atoms with Gasteiger partial charge in [0.1, 0.15) is 0 Å². The molecule has 2 unspecified atom stereocenters. The first-order valence-electron chi connectivity index (χ1n) is 3.54. The van der Waals surface area contributed by atoms with Crippen molar-refractivity contribution in [3.63, 3.8) is 0 Å². The molecule has 0 bridgehead atoms. The molecule has 0 spiro atoms. The maximum atomic E-state index is 11.1. The van der Waals surface area contributed by atoms with Gasteiger partial charge in [0.25, 0.3) is 0 Å². The van der Waals surface area contributed by atoms with Gasteiger partial charge in [0, 0.05) is 0 Å². The van der Waals surface area contributed by atoms with Crippen molar-refractivity contribution in [2.24, 2.45) is 5.73 Å². The summed E-state index contributed by atoms with van der Waals surface area (Å²) >= 11 is 0. The summed E-state index contributed by atoms with van der Waals surface area (Å²) in [6, 6.07) is 0. The molecule has 11 heavy (non-hydrogen) atoms. The minimum atomic E-state index is -3.03. The number of rotatable bonds is 1. The Hall–Kier alpha value is -0.130. The van der Waals surface area contributed by atoms with Gasteiger partial charge < -0.3 is 10.8 Å². The second-order valence-electron chi connectivity index (χ2n) is 3.15. The van der Waals surface area contributed by atoms with Crippen LogP contribution >= 0.6 is 0 Å². The zero-order chi connectivity index (χ0) is 8.70. The molecule has 1 saturated heterocycles. The van der Waals surface area contributed by atoms with Crippen molar-refractivity contribution in [1.82, 2.24) is 0 Å². The molecule has 4 nitrogen and oxygen atoms in total. The molecule has 1 aliphatic rings. The maximum Gasteiger partial charge on any atom is 0.154 e. The first-order chi connectivity index (χ1) is 4.92. The Balaban J connectivity index is 2.96. The second-order valence-corrected chi connectivity index (χ2v) is 5.59. The SMILES string of the molecule is CC1C(N)(CO)CCS1(=O)=O. The van der Waals surface area contributed by atoms with Gasteiger partial charge in [-0.15, -0.1) is 0 Å². The molecule has 1 rings (SSSR count). The molecule has 66 valence electrons. The Morgan fingerprint density at radius 1 is 1.73 bits per heavy atom. The van der Waals surface area contributed by atoms with Crippen LogP contribution in [0.1, 0.15) is 13.3 Å². The summed E-state index contributed by atoms with van der Waals surface area (Å²) in [7, 11) is -3.03. The second kappa shape index (κ2) is 2.43. The molecule has 1 aliphatic heterocycles. The van der Waals surface area contributed by atoms with Crippen LogP contribution in [0, 0.1) is 0 Å². The molecule has 0 aromatic heterocycles. The van der Waals surface area contributed by atoms with Crippen LogP contribution in [-0.2, 0) is 9.84 Å². The van der Waals surface area contributed by atoms with Gasteiger partial charge in [-0.3, -0.25) is 0 Å². The monoisotopic (exact) mass is 179 g/mol. The lowest BCUT2D eigenvalue weighted by molar-refractivity contribution is 0.197. The highest BCUT2D eigenvalue weighted by Crippen LogP contribution is 2.27. The van der Waals surface area contributed by atoms with Crippen molar-refractivity contribution in [1.29, 1.82) is 0 Å². The van der Waals surface area contributed by atoms with Gasteiger partial charge in [-0.2, -0.15) is 0 Å². The quantitative estimate of drug-likeness (QED) is 0.534. The maximum absolute atomic E-state index is 11.1. The number of hydrogen-bond donors (Lipinski definition) is 2. The van der Waals surface area contributed by atoms with Crippen LogP contribution in [0.5, 0.6) is 0 Å². The molecule has 1 fully saturated rings. The van der Waals surface area contributed by atoms with Crippen molar-refractivity contribution >= 4 is 9.84 Å². The molecule has 0 aromatic carbocycles. The smallest absolute Gasteiger partial charge is 0.154 e. The fourth-order valence-corrected chi connectivity index (χ4v) is 3.20. The fraction of sp³-hybridized carbons (Fsp3) is 1.00. The van der Waals surface area contributed by atoms with Gasteiger partial charge in [-0.25, -0.2) is 8.42 Å². The highest BCUT2D eigenvalue weighted by molar-refractivity contribution is 7.92. The van der Waals surface area contributed by atoms with Gasteiger partial charge in [-0.1, -0.05) is 0 Å². The van der Waals surface area contributed by atoms with Crippen LogP contribution in [0.2, 0.25) is 0 Å². The summed E-state index contributed by atoms with van der Waals surface area (Å²) in [6.45, 7) is 1.30. The van der Waals surface area contributed by atoms with Crippen molar-refractivity contribution in [2.45, 2.75) is 24.1 Å². The lowest BCUT2D eigenvalue weighted by Gasteiger charge is -2.24. The minimum Gasteiger partial charge on any atom is -0.394 e. The van der Waals surface area contributed by atoms with Crippen molar-refractivity contribution in [3.05, 3.63) is 0 Å². The van der Waals surface area contributed by atoms with E-state index < -0.39 is 20.6 Å². The molecule has 1 heterocycles. The van der Waals surface area contributed by atoms with E-state index in [0.717, 1.165) is 0 Å². The van der Waals surface area contributed by atoms with Crippen molar-refractivity contribution in [3.8, 4) is 0 Å². The van der Waals surface area contributed by atoms with Crippen LogP contribution in [0.25, 0.3) is 0 Å². The third kappa shape index (κ3) is 1.28. The molecular formula is C6H13NO3S. The van der Waals surface area contributed by atoms with Crippen molar-refractivity contribution in [2.75, 3.05) is 12.4 Å². The molecule has 0 amide bonds. The summed E-state index contributed by atoms with van der Waals surface area (Å²) in [5.41, 5.74) is 4.74. The van der Waals surface area contributed by atoms with Crippen LogP contribution in [0.3, 0.4) is 0 Å². The van der Waals surface area contributed by atoms with Crippen LogP contribution in [0.15, 0.2) is 0 Å². The van der Waals surface area contributed by atoms with E-state index in [1.54, 1.807) is 6.92 Å². The Morgan fingerprint density at radius 3 is 2.45 bits per heavy atom. The third-order valence-electron chi connectivity index (χ3n) is 2.49.